The molecule has 0 unspecified atom stereocenters. The number of aliphatic hydroxyl groups is 2. The van der Waals surface area contributed by atoms with E-state index in [4.69, 9.17) is 4.84 Å². The quantitative estimate of drug-likeness (QED) is 0.348. The van der Waals surface area contributed by atoms with Gasteiger partial charge in [-0.1, -0.05) is 49.8 Å². The Balaban J connectivity index is 1.85. The van der Waals surface area contributed by atoms with E-state index in [1.54, 1.807) is 5.57 Å². The van der Waals surface area contributed by atoms with Crippen LogP contribution in [-0.2, 0) is 9.63 Å². The van der Waals surface area contributed by atoms with Crippen LogP contribution in [0.15, 0.2) is 47.1 Å². The van der Waals surface area contributed by atoms with E-state index in [-0.39, 0.29) is 24.2 Å². The number of allylic oxidation sites excluding steroid dienone is 5. The Morgan fingerprint density at radius 1 is 1.38 bits per heavy atom. The van der Waals surface area contributed by atoms with Gasteiger partial charge in [0.15, 0.2) is 5.79 Å². The first-order valence-corrected chi connectivity index (χ1v) is 12.0. The van der Waals surface area contributed by atoms with Gasteiger partial charge in [-0.25, -0.2) is 9.90 Å². The molecule has 3 rings (SSSR count). The maximum atomic E-state index is 12.1. The molecular weight excluding hydrogens is 402 g/mol. The number of hydrogen-bond acceptors (Lipinski definition) is 4. The van der Waals surface area contributed by atoms with Gasteiger partial charge in [0.2, 0.25) is 5.91 Å². The summed E-state index contributed by atoms with van der Waals surface area (Å²) in [6.45, 7) is 15.7. The van der Waals surface area contributed by atoms with E-state index in [9.17, 15) is 15.0 Å². The molecule has 2 N–H and O–H groups in total. The molecule has 2 saturated carbocycles. The van der Waals surface area contributed by atoms with Crippen molar-refractivity contribution in [1.29, 1.82) is 0 Å². The Bertz CT molecular complexity index is 861. The van der Waals surface area contributed by atoms with Gasteiger partial charge in [0.05, 0.1) is 11.6 Å². The molecule has 3 aliphatic carbocycles. The number of rotatable bonds is 4. The minimum atomic E-state index is -1.67. The average Bonchev–Trinajstić information content (AvgIpc) is 3.03. The molecule has 3 aliphatic rings. The van der Waals surface area contributed by atoms with Gasteiger partial charge in [-0.3, -0.25) is 4.79 Å². The highest BCUT2D eigenvalue weighted by molar-refractivity contribution is 5.72. The van der Waals surface area contributed by atoms with Crippen LogP contribution in [0.1, 0.15) is 86.5 Å². The molecule has 0 spiro atoms. The smallest absolute Gasteiger partial charge is 0.243 e. The van der Waals surface area contributed by atoms with Crippen LogP contribution in [-0.4, -0.2) is 38.6 Å². The Hall–Kier alpha value is -1.69. The largest absolute Gasteiger partial charge is 0.388 e. The number of hydroxylamine groups is 2. The minimum absolute atomic E-state index is 0.0237. The maximum absolute atomic E-state index is 12.1. The van der Waals surface area contributed by atoms with Crippen molar-refractivity contribution in [2.45, 2.75) is 104 Å². The van der Waals surface area contributed by atoms with E-state index in [0.29, 0.717) is 11.5 Å². The maximum Gasteiger partial charge on any atom is 0.243 e. The van der Waals surface area contributed by atoms with Crippen molar-refractivity contribution in [2.75, 3.05) is 0 Å². The number of aliphatic hydroxyl groups excluding tert-OH is 1. The lowest BCUT2D eigenvalue weighted by molar-refractivity contribution is -0.344. The van der Waals surface area contributed by atoms with Crippen LogP contribution < -0.4 is 0 Å². The number of nitrogens with zero attached hydrogens (tertiary/aromatic N) is 1. The molecule has 0 saturated heterocycles. The molecule has 5 heteroatoms. The number of carbonyl (C=O) groups excluding carboxylic acids is 1. The SMILES string of the molecule is C=C1C(=CC=C2CCC[C@]3(C)C(CC)=CC[C@H]23)C[C@](O)(ON(C(C)=O)C(C)(C)C)C[C@@H]1O. The van der Waals surface area contributed by atoms with Crippen LogP contribution in [0.5, 0.6) is 0 Å². The fraction of sp³-hybridized carbons (Fsp3) is 0.667. The highest BCUT2D eigenvalue weighted by Gasteiger charge is 2.45. The fourth-order valence-electron chi connectivity index (χ4n) is 5.86. The average molecular weight is 444 g/mol. The van der Waals surface area contributed by atoms with E-state index in [2.05, 4.69) is 32.6 Å². The molecule has 0 radical (unpaired) electrons. The summed E-state index contributed by atoms with van der Waals surface area (Å²) >= 11 is 0. The fourth-order valence-corrected chi connectivity index (χ4v) is 5.86. The highest BCUT2D eigenvalue weighted by Crippen LogP contribution is 2.55. The van der Waals surface area contributed by atoms with Crippen molar-refractivity contribution < 1.29 is 19.8 Å². The monoisotopic (exact) mass is 443 g/mol. The third-order valence-electron chi connectivity index (χ3n) is 7.54. The van der Waals surface area contributed by atoms with Crippen LogP contribution in [0.2, 0.25) is 0 Å². The summed E-state index contributed by atoms with van der Waals surface area (Å²) in [5.41, 5.74) is 4.02. The lowest BCUT2D eigenvalue weighted by atomic mass is 9.64. The second kappa shape index (κ2) is 8.92. The number of amides is 1. The molecular formula is C27H41NO4. The van der Waals surface area contributed by atoms with E-state index >= 15 is 0 Å². The number of carbonyl (C=O) groups is 1. The molecule has 1 amide bonds. The minimum Gasteiger partial charge on any atom is -0.388 e. The lowest BCUT2D eigenvalue weighted by Crippen LogP contribution is -2.53. The van der Waals surface area contributed by atoms with E-state index in [1.807, 2.05) is 26.8 Å². The molecule has 0 aromatic heterocycles. The summed E-state index contributed by atoms with van der Waals surface area (Å²) in [6.07, 6.45) is 11.5. The van der Waals surface area contributed by atoms with Gasteiger partial charge in [0.1, 0.15) is 0 Å². The van der Waals surface area contributed by atoms with Crippen LogP contribution >= 0.6 is 0 Å². The number of hydrogen-bond donors (Lipinski definition) is 2. The van der Waals surface area contributed by atoms with Crippen molar-refractivity contribution in [1.82, 2.24) is 5.06 Å². The van der Waals surface area contributed by atoms with Crippen molar-refractivity contribution in [3.05, 3.63) is 47.1 Å². The summed E-state index contributed by atoms with van der Waals surface area (Å²) in [5, 5.41) is 23.0. The van der Waals surface area contributed by atoms with Crippen molar-refractivity contribution >= 4 is 5.91 Å². The third-order valence-corrected chi connectivity index (χ3v) is 7.54. The number of fused-ring (bicyclic) bond motifs is 1. The van der Waals surface area contributed by atoms with Gasteiger partial charge in [-0.05, 0) is 75.4 Å². The molecule has 32 heavy (non-hydrogen) atoms. The second-order valence-electron chi connectivity index (χ2n) is 11.0. The molecule has 0 heterocycles. The van der Waals surface area contributed by atoms with E-state index in [1.165, 1.54) is 30.4 Å². The molecule has 0 aliphatic heterocycles. The van der Waals surface area contributed by atoms with Crippen LogP contribution in [0, 0.1) is 11.3 Å². The summed E-state index contributed by atoms with van der Waals surface area (Å²) in [7, 11) is 0. The first-order valence-electron chi connectivity index (χ1n) is 12.0. The van der Waals surface area contributed by atoms with Crippen LogP contribution in [0.25, 0.3) is 0 Å². The molecule has 5 nitrogen and oxygen atoms in total. The third kappa shape index (κ3) is 4.80. The van der Waals surface area contributed by atoms with Gasteiger partial charge in [0.25, 0.3) is 0 Å². The zero-order valence-electron chi connectivity index (χ0n) is 20.7. The summed E-state index contributed by atoms with van der Waals surface area (Å²) < 4.78 is 0. The van der Waals surface area contributed by atoms with Gasteiger partial charge in [0, 0.05) is 19.8 Å². The van der Waals surface area contributed by atoms with Crippen LogP contribution in [0.4, 0.5) is 0 Å². The predicted octanol–water partition coefficient (Wildman–Crippen LogP) is 5.36. The molecule has 2 fully saturated rings. The Kier molecular flexibility index (Phi) is 6.95. The van der Waals surface area contributed by atoms with E-state index < -0.39 is 17.4 Å². The first-order chi connectivity index (χ1) is 14.8. The molecule has 0 aromatic rings. The zero-order chi connectivity index (χ0) is 23.9. The molecule has 4 atom stereocenters. The summed E-state index contributed by atoms with van der Waals surface area (Å²) in [6, 6.07) is 0. The topological polar surface area (TPSA) is 70.0 Å². The van der Waals surface area contributed by atoms with Gasteiger partial charge in [-0.2, -0.15) is 0 Å². The standard InChI is InChI=1S/C27H41NO4/c1-8-22-13-14-23-20(10-9-15-26(22,23)7)11-12-21-16-27(31,17-24(30)18(21)2)32-28(19(3)29)25(4,5)6/h11-13,23-24,30-31H,2,8-10,14-17H2,1,3-7H3/t23-,24+,26-,27+/m1/s1. The van der Waals surface area contributed by atoms with Gasteiger partial charge < -0.3 is 10.2 Å². The summed E-state index contributed by atoms with van der Waals surface area (Å²) in [5.74, 6) is -1.44. The second-order valence-corrected chi connectivity index (χ2v) is 11.0. The Morgan fingerprint density at radius 2 is 2.06 bits per heavy atom. The lowest BCUT2D eigenvalue weighted by Gasteiger charge is -2.43. The molecule has 0 bridgehead atoms. The Morgan fingerprint density at radius 3 is 2.66 bits per heavy atom. The predicted molar refractivity (Wildman–Crippen MR) is 127 cm³/mol. The van der Waals surface area contributed by atoms with Crippen molar-refractivity contribution in [2.24, 2.45) is 11.3 Å². The highest BCUT2D eigenvalue weighted by atomic mass is 16.8. The van der Waals surface area contributed by atoms with Gasteiger partial charge >= 0.3 is 0 Å². The normalized spacial score (nSPS) is 35.8. The first kappa shape index (κ1) is 24.9. The summed E-state index contributed by atoms with van der Waals surface area (Å²) in [4.78, 5) is 18.0. The zero-order valence-corrected chi connectivity index (χ0v) is 20.7. The van der Waals surface area contributed by atoms with Crippen molar-refractivity contribution in [3.8, 4) is 0 Å². The van der Waals surface area contributed by atoms with Crippen molar-refractivity contribution in [3.63, 3.8) is 0 Å². The van der Waals surface area contributed by atoms with E-state index in [0.717, 1.165) is 24.8 Å². The Labute approximate surface area is 193 Å². The van der Waals surface area contributed by atoms with Gasteiger partial charge in [-0.15, -0.1) is 0 Å². The molecule has 0 aromatic carbocycles. The van der Waals surface area contributed by atoms with Crippen LogP contribution in [0.3, 0.4) is 0 Å². The molecule has 178 valence electrons.